The van der Waals surface area contributed by atoms with Crippen molar-refractivity contribution in [2.45, 2.75) is 26.2 Å². The third kappa shape index (κ3) is 4.99. The van der Waals surface area contributed by atoms with Crippen LogP contribution in [0.4, 0.5) is 5.69 Å². The van der Waals surface area contributed by atoms with E-state index in [1.165, 1.54) is 19.8 Å². The average Bonchev–Trinajstić information content (AvgIpc) is 2.67. The number of carbonyl (C=O) groups excluding carboxylic acids is 2. The van der Waals surface area contributed by atoms with E-state index in [0.717, 1.165) is 6.42 Å². The van der Waals surface area contributed by atoms with Crippen LogP contribution in [-0.4, -0.2) is 25.9 Å². The molecule has 2 aromatic rings. The molecule has 0 saturated carbocycles. The van der Waals surface area contributed by atoms with Crippen LogP contribution in [0.15, 0.2) is 36.4 Å². The molecule has 5 nitrogen and oxygen atoms in total. The monoisotopic (exact) mass is 375 g/mol. The number of benzene rings is 2. The summed E-state index contributed by atoms with van der Waals surface area (Å²) in [6, 6.07) is 10.6. The van der Waals surface area contributed by atoms with Gasteiger partial charge in [0.15, 0.2) is 5.78 Å². The molecule has 2 aromatic carbocycles. The van der Waals surface area contributed by atoms with Gasteiger partial charge in [-0.05, 0) is 12.0 Å². The van der Waals surface area contributed by atoms with Crippen LogP contribution < -0.4 is 14.8 Å². The first-order valence-electron chi connectivity index (χ1n) is 8.32. The smallest absolute Gasteiger partial charge is 0.224 e. The molecule has 0 atom stereocenters. The largest absolute Gasteiger partial charge is 0.495 e. The summed E-state index contributed by atoms with van der Waals surface area (Å²) in [5.74, 6) is 0.496. The van der Waals surface area contributed by atoms with Crippen LogP contribution in [0.1, 0.15) is 35.7 Å². The van der Waals surface area contributed by atoms with Gasteiger partial charge in [0.1, 0.15) is 11.5 Å². The van der Waals surface area contributed by atoms with Gasteiger partial charge in [-0.25, -0.2) is 0 Å². The first kappa shape index (κ1) is 19.8. The zero-order valence-corrected chi connectivity index (χ0v) is 15.9. The summed E-state index contributed by atoms with van der Waals surface area (Å²) in [6.45, 7) is 2.06. The van der Waals surface area contributed by atoms with E-state index in [0.29, 0.717) is 27.8 Å². The molecule has 138 valence electrons. The maximum absolute atomic E-state index is 12.2. The minimum Gasteiger partial charge on any atom is -0.495 e. The van der Waals surface area contributed by atoms with E-state index in [1.54, 1.807) is 24.3 Å². The quantitative estimate of drug-likeness (QED) is 0.689. The van der Waals surface area contributed by atoms with Gasteiger partial charge in [-0.3, -0.25) is 9.59 Å². The predicted octanol–water partition coefficient (Wildman–Crippen LogP) is 4.52. The third-order valence-electron chi connectivity index (χ3n) is 4.01. The van der Waals surface area contributed by atoms with Crippen LogP contribution in [0.2, 0.25) is 5.02 Å². The molecule has 0 unspecified atom stereocenters. The Morgan fingerprint density at radius 3 is 2.23 bits per heavy atom. The highest BCUT2D eigenvalue weighted by Crippen LogP contribution is 2.35. The second-order valence-corrected chi connectivity index (χ2v) is 6.12. The van der Waals surface area contributed by atoms with E-state index in [-0.39, 0.29) is 24.5 Å². The molecule has 1 amide bonds. The van der Waals surface area contributed by atoms with E-state index in [9.17, 15) is 9.59 Å². The summed E-state index contributed by atoms with van der Waals surface area (Å²) in [6.07, 6.45) is 1.12. The van der Waals surface area contributed by atoms with Crippen molar-refractivity contribution >= 4 is 29.0 Å². The first-order chi connectivity index (χ1) is 12.5. The maximum Gasteiger partial charge on any atom is 0.224 e. The van der Waals surface area contributed by atoms with E-state index >= 15 is 0 Å². The van der Waals surface area contributed by atoms with Crippen LogP contribution in [0.3, 0.4) is 0 Å². The summed E-state index contributed by atoms with van der Waals surface area (Å²) in [4.78, 5) is 24.4. The number of methoxy groups -OCH3 is 2. The Morgan fingerprint density at radius 2 is 1.65 bits per heavy atom. The van der Waals surface area contributed by atoms with Gasteiger partial charge < -0.3 is 14.8 Å². The van der Waals surface area contributed by atoms with E-state index in [1.807, 2.05) is 12.1 Å². The SMILES string of the molecule is CCc1ccc(C(=O)CCC(=O)Nc2cc(OC)c(Cl)cc2OC)cc1. The van der Waals surface area contributed by atoms with Crippen LogP contribution in [0.25, 0.3) is 0 Å². The Morgan fingerprint density at radius 1 is 1.00 bits per heavy atom. The van der Waals surface area contributed by atoms with Crippen LogP contribution >= 0.6 is 11.6 Å². The molecule has 0 heterocycles. The topological polar surface area (TPSA) is 64.6 Å². The number of aryl methyl sites for hydroxylation is 1. The molecule has 0 aromatic heterocycles. The van der Waals surface area contributed by atoms with Crippen LogP contribution in [0, 0.1) is 0 Å². The number of ketones is 1. The lowest BCUT2D eigenvalue weighted by Gasteiger charge is -2.13. The van der Waals surface area contributed by atoms with Crippen molar-refractivity contribution in [3.63, 3.8) is 0 Å². The fourth-order valence-corrected chi connectivity index (χ4v) is 2.70. The van der Waals surface area contributed by atoms with Crippen molar-refractivity contribution in [1.82, 2.24) is 0 Å². The van der Waals surface area contributed by atoms with E-state index in [2.05, 4.69) is 12.2 Å². The molecular formula is C20H22ClNO4. The molecule has 1 N–H and O–H groups in total. The highest BCUT2D eigenvalue weighted by molar-refractivity contribution is 6.32. The highest BCUT2D eigenvalue weighted by atomic mass is 35.5. The number of hydrogen-bond acceptors (Lipinski definition) is 4. The Labute approximate surface area is 158 Å². The highest BCUT2D eigenvalue weighted by Gasteiger charge is 2.14. The summed E-state index contributed by atoms with van der Waals surface area (Å²) >= 11 is 6.05. The predicted molar refractivity (Wildman–Crippen MR) is 103 cm³/mol. The molecule has 2 rings (SSSR count). The third-order valence-corrected chi connectivity index (χ3v) is 4.31. The molecule has 0 aliphatic carbocycles. The standard InChI is InChI=1S/C20H22ClNO4/c1-4-13-5-7-14(8-6-13)17(23)9-10-20(24)22-16-12-18(25-2)15(21)11-19(16)26-3/h5-8,11-12H,4,9-10H2,1-3H3,(H,22,24). The van der Waals surface area contributed by atoms with Crippen molar-refractivity contribution in [3.8, 4) is 11.5 Å². The van der Waals surface area contributed by atoms with E-state index in [4.69, 9.17) is 21.1 Å². The van der Waals surface area contributed by atoms with Crippen LogP contribution in [0.5, 0.6) is 11.5 Å². The van der Waals surface area contributed by atoms with Gasteiger partial charge in [0.2, 0.25) is 5.91 Å². The molecule has 0 radical (unpaired) electrons. The molecule has 0 aliphatic heterocycles. The summed E-state index contributed by atoms with van der Waals surface area (Å²) in [5, 5.41) is 3.12. The molecule has 0 aliphatic rings. The van der Waals surface area contributed by atoms with Crippen molar-refractivity contribution in [3.05, 3.63) is 52.5 Å². The van der Waals surface area contributed by atoms with Gasteiger partial charge in [0.05, 0.1) is 24.9 Å². The Hall–Kier alpha value is -2.53. The number of halogens is 1. The molecule has 26 heavy (non-hydrogen) atoms. The number of hydrogen-bond donors (Lipinski definition) is 1. The van der Waals surface area contributed by atoms with Crippen LogP contribution in [-0.2, 0) is 11.2 Å². The number of carbonyl (C=O) groups is 2. The van der Waals surface area contributed by atoms with Gasteiger partial charge >= 0.3 is 0 Å². The fourth-order valence-electron chi connectivity index (χ4n) is 2.47. The lowest BCUT2D eigenvalue weighted by atomic mass is 10.0. The minimum atomic E-state index is -0.286. The molecule has 6 heteroatoms. The van der Waals surface area contributed by atoms with Crippen molar-refractivity contribution in [1.29, 1.82) is 0 Å². The number of ether oxygens (including phenoxy) is 2. The average molecular weight is 376 g/mol. The molecular weight excluding hydrogens is 354 g/mol. The van der Waals surface area contributed by atoms with Gasteiger partial charge in [0, 0.05) is 30.5 Å². The zero-order chi connectivity index (χ0) is 19.1. The number of Topliss-reactive ketones (excluding diaryl/α,β-unsaturated/α-hetero) is 1. The minimum absolute atomic E-state index is 0.0662. The number of nitrogens with one attached hydrogen (secondary N) is 1. The summed E-state index contributed by atoms with van der Waals surface area (Å²) in [7, 11) is 2.97. The fraction of sp³-hybridized carbons (Fsp3) is 0.300. The van der Waals surface area contributed by atoms with E-state index < -0.39 is 0 Å². The van der Waals surface area contributed by atoms with Gasteiger partial charge in [0.25, 0.3) is 0 Å². The normalized spacial score (nSPS) is 10.3. The lowest BCUT2D eigenvalue weighted by molar-refractivity contribution is -0.116. The maximum atomic E-state index is 12.2. The van der Waals surface area contributed by atoms with Crippen molar-refractivity contribution in [2.24, 2.45) is 0 Å². The molecule has 0 bridgehead atoms. The molecule has 0 spiro atoms. The summed E-state index contributed by atoms with van der Waals surface area (Å²) < 4.78 is 10.4. The number of anilines is 1. The lowest BCUT2D eigenvalue weighted by Crippen LogP contribution is -2.14. The van der Waals surface area contributed by atoms with Gasteiger partial charge in [-0.1, -0.05) is 42.8 Å². The Bertz CT molecular complexity index is 787. The second-order valence-electron chi connectivity index (χ2n) is 5.71. The van der Waals surface area contributed by atoms with Gasteiger partial charge in [-0.15, -0.1) is 0 Å². The Balaban J connectivity index is 1.99. The number of amides is 1. The van der Waals surface area contributed by atoms with Gasteiger partial charge in [-0.2, -0.15) is 0 Å². The second kappa shape index (κ2) is 9.25. The summed E-state index contributed by atoms with van der Waals surface area (Å²) in [5.41, 5.74) is 2.22. The zero-order valence-electron chi connectivity index (χ0n) is 15.1. The first-order valence-corrected chi connectivity index (χ1v) is 8.69. The Kier molecular flexibility index (Phi) is 7.04. The van der Waals surface area contributed by atoms with Crippen molar-refractivity contribution < 1.29 is 19.1 Å². The molecule has 0 saturated heterocycles. The number of rotatable bonds is 8. The van der Waals surface area contributed by atoms with Crippen molar-refractivity contribution in [2.75, 3.05) is 19.5 Å². The molecule has 0 fully saturated rings.